The summed E-state index contributed by atoms with van der Waals surface area (Å²) in [6, 6.07) is 17.7. The molecule has 0 aliphatic heterocycles. The zero-order valence-electron chi connectivity index (χ0n) is 18.6. The number of rotatable bonds is 6. The minimum absolute atomic E-state index is 0.228. The molecule has 166 valence electrons. The smallest absolute Gasteiger partial charge is 0.167 e. The number of nitrogens with one attached hydrogen (secondary N) is 1. The molecular formula is C25H26BrN3O2S. The third-order valence-corrected chi connectivity index (χ3v) is 7.37. The number of hydrogen-bond acceptors (Lipinski definition) is 5. The van der Waals surface area contributed by atoms with Crippen LogP contribution < -0.4 is 4.72 Å². The van der Waals surface area contributed by atoms with Crippen molar-refractivity contribution in [2.75, 3.05) is 0 Å². The second-order valence-electron chi connectivity index (χ2n) is 8.79. The summed E-state index contributed by atoms with van der Waals surface area (Å²) in [5.74, 6) is 0. The van der Waals surface area contributed by atoms with Crippen LogP contribution in [0.25, 0.3) is 22.2 Å². The fourth-order valence-corrected chi connectivity index (χ4v) is 4.86. The Kier molecular flexibility index (Phi) is 6.72. The molecule has 0 fully saturated rings. The molecule has 0 aliphatic carbocycles. The monoisotopic (exact) mass is 511 g/mol. The Bertz CT molecular complexity index is 1240. The average molecular weight is 512 g/mol. The first-order chi connectivity index (χ1) is 15.2. The molecule has 0 saturated carbocycles. The molecule has 2 aromatic heterocycles. The molecule has 2 atom stereocenters. The fraction of sp³-hybridized carbons (Fsp3) is 0.280. The van der Waals surface area contributed by atoms with Crippen LogP contribution in [0.3, 0.4) is 0 Å². The van der Waals surface area contributed by atoms with Gasteiger partial charge in [-0.25, -0.2) is 0 Å². The maximum Gasteiger partial charge on any atom is 0.167 e. The van der Waals surface area contributed by atoms with Gasteiger partial charge in [-0.1, -0.05) is 41.6 Å². The lowest BCUT2D eigenvalue weighted by atomic mass is 9.93. The van der Waals surface area contributed by atoms with Crippen LogP contribution in [0.1, 0.15) is 43.6 Å². The van der Waals surface area contributed by atoms with Gasteiger partial charge in [0.15, 0.2) is 5.58 Å². The van der Waals surface area contributed by atoms with Crippen LogP contribution >= 0.6 is 15.9 Å². The highest BCUT2D eigenvalue weighted by Crippen LogP contribution is 2.35. The Morgan fingerprint density at radius 3 is 2.59 bits per heavy atom. The summed E-state index contributed by atoms with van der Waals surface area (Å²) in [5, 5.41) is 5.32. The molecule has 5 nitrogen and oxygen atoms in total. The Morgan fingerprint density at radius 2 is 1.84 bits per heavy atom. The van der Waals surface area contributed by atoms with Crippen LogP contribution in [0.5, 0.6) is 0 Å². The van der Waals surface area contributed by atoms with Crippen molar-refractivity contribution < 1.29 is 9.08 Å². The molecule has 4 aromatic rings. The van der Waals surface area contributed by atoms with Crippen molar-refractivity contribution in [3.63, 3.8) is 0 Å². The van der Waals surface area contributed by atoms with Crippen LogP contribution in [0.4, 0.5) is 0 Å². The summed E-state index contributed by atoms with van der Waals surface area (Å²) in [6.07, 6.45) is 2.39. The summed E-state index contributed by atoms with van der Waals surface area (Å²) < 4.78 is 22.6. The van der Waals surface area contributed by atoms with Crippen molar-refractivity contribution in [3.05, 3.63) is 82.1 Å². The number of halogens is 1. The minimum Gasteiger partial charge on any atom is -0.598 e. The van der Waals surface area contributed by atoms with E-state index in [1.807, 2.05) is 70.2 Å². The maximum atomic E-state index is 13.1. The van der Waals surface area contributed by atoms with Gasteiger partial charge in [0.25, 0.3) is 0 Å². The largest absolute Gasteiger partial charge is 0.598 e. The molecule has 7 heteroatoms. The molecule has 1 N–H and O–H groups in total. The predicted octanol–water partition coefficient (Wildman–Crippen LogP) is 6.30. The SMILES string of the molecule is Cc1cc(Br)cnc1CC(N[S@@+]([O-])C(C)(C)C)c1ccccc1-c1noc2ccccc12. The molecule has 0 spiro atoms. The molecule has 0 aliphatic rings. The molecule has 1 unspecified atom stereocenters. The molecule has 0 radical (unpaired) electrons. The van der Waals surface area contributed by atoms with Crippen molar-refractivity contribution in [2.45, 2.75) is 44.9 Å². The standard InChI is InChI=1S/C25H26BrN3O2S/c1-16-13-17(26)15-27-21(16)14-22(29-32(30)25(2,3)4)18-9-5-6-10-19(18)24-20-11-7-8-12-23(20)31-28-24/h5-13,15,22,29H,14H2,1-4H3/t22?,32-/m0/s1. The van der Waals surface area contributed by atoms with Gasteiger partial charge in [0, 0.05) is 45.1 Å². The average Bonchev–Trinajstić information content (AvgIpc) is 3.18. The van der Waals surface area contributed by atoms with Gasteiger partial charge in [0.05, 0.1) is 6.04 Å². The number of pyridine rings is 1. The van der Waals surface area contributed by atoms with E-state index >= 15 is 0 Å². The van der Waals surface area contributed by atoms with Crippen LogP contribution in [-0.4, -0.2) is 19.4 Å². The maximum absolute atomic E-state index is 13.1. The van der Waals surface area contributed by atoms with E-state index in [1.165, 1.54) is 0 Å². The highest BCUT2D eigenvalue weighted by atomic mass is 79.9. The third kappa shape index (κ3) is 4.91. The summed E-state index contributed by atoms with van der Waals surface area (Å²) in [4.78, 5) is 4.63. The molecule has 2 aromatic carbocycles. The summed E-state index contributed by atoms with van der Waals surface area (Å²) in [7, 11) is 0. The molecular weight excluding hydrogens is 486 g/mol. The number of aromatic nitrogens is 2. The summed E-state index contributed by atoms with van der Waals surface area (Å²) in [5.41, 5.74) is 5.52. The van der Waals surface area contributed by atoms with E-state index in [0.29, 0.717) is 6.42 Å². The van der Waals surface area contributed by atoms with Crippen molar-refractivity contribution in [3.8, 4) is 11.3 Å². The number of fused-ring (bicyclic) bond motifs is 1. The first kappa shape index (κ1) is 23.0. The lowest BCUT2D eigenvalue weighted by molar-refractivity contribution is 0.459. The molecule has 2 heterocycles. The summed E-state index contributed by atoms with van der Waals surface area (Å²) >= 11 is 2.22. The summed E-state index contributed by atoms with van der Waals surface area (Å²) in [6.45, 7) is 7.94. The lowest BCUT2D eigenvalue weighted by Gasteiger charge is -2.29. The van der Waals surface area contributed by atoms with Crippen molar-refractivity contribution >= 4 is 38.3 Å². The van der Waals surface area contributed by atoms with Crippen LogP contribution in [0.15, 0.2) is 69.8 Å². The topological polar surface area (TPSA) is 74.0 Å². The second-order valence-corrected chi connectivity index (χ2v) is 11.7. The molecule has 0 bridgehead atoms. The number of nitrogens with zero attached hydrogens (tertiary/aromatic N) is 2. The van der Waals surface area contributed by atoms with Gasteiger partial charge in [-0.05, 0) is 73.0 Å². The van der Waals surface area contributed by atoms with E-state index in [9.17, 15) is 4.55 Å². The van der Waals surface area contributed by atoms with Crippen LogP contribution in [-0.2, 0) is 17.8 Å². The van der Waals surface area contributed by atoms with E-state index in [1.54, 1.807) is 6.20 Å². The van der Waals surface area contributed by atoms with Crippen LogP contribution in [0, 0.1) is 6.92 Å². The van der Waals surface area contributed by atoms with Gasteiger partial charge in [0.1, 0.15) is 10.4 Å². The molecule has 4 rings (SSSR count). The van der Waals surface area contributed by atoms with E-state index in [4.69, 9.17) is 4.52 Å². The number of hydrogen-bond donors (Lipinski definition) is 1. The Labute approximate surface area is 200 Å². The van der Waals surface area contributed by atoms with Crippen LogP contribution in [0.2, 0.25) is 0 Å². The van der Waals surface area contributed by atoms with Gasteiger partial charge >= 0.3 is 0 Å². The highest BCUT2D eigenvalue weighted by molar-refractivity contribution is 9.10. The van der Waals surface area contributed by atoms with Gasteiger partial charge in [-0.2, -0.15) is 0 Å². The fourth-order valence-electron chi connectivity index (χ4n) is 3.59. The van der Waals surface area contributed by atoms with E-state index in [-0.39, 0.29) is 6.04 Å². The number of benzene rings is 2. The van der Waals surface area contributed by atoms with Gasteiger partial charge in [-0.3, -0.25) is 4.98 Å². The Morgan fingerprint density at radius 1 is 1.12 bits per heavy atom. The van der Waals surface area contributed by atoms with E-state index in [0.717, 1.165) is 43.5 Å². The zero-order chi connectivity index (χ0) is 22.9. The second kappa shape index (κ2) is 9.35. The molecule has 0 amide bonds. The first-order valence-corrected chi connectivity index (χ1v) is 12.4. The molecule has 0 saturated heterocycles. The lowest BCUT2D eigenvalue weighted by Crippen LogP contribution is -2.42. The van der Waals surface area contributed by atoms with E-state index < -0.39 is 16.1 Å². The van der Waals surface area contributed by atoms with Crippen molar-refractivity contribution in [1.82, 2.24) is 14.9 Å². The van der Waals surface area contributed by atoms with Gasteiger partial charge in [0.2, 0.25) is 0 Å². The zero-order valence-corrected chi connectivity index (χ0v) is 21.0. The van der Waals surface area contributed by atoms with Crippen molar-refractivity contribution in [1.29, 1.82) is 0 Å². The highest BCUT2D eigenvalue weighted by Gasteiger charge is 2.32. The predicted molar refractivity (Wildman–Crippen MR) is 134 cm³/mol. The van der Waals surface area contributed by atoms with Crippen molar-refractivity contribution in [2.24, 2.45) is 0 Å². The quantitative estimate of drug-likeness (QED) is 0.307. The normalized spacial score (nSPS) is 13.9. The third-order valence-electron chi connectivity index (χ3n) is 5.33. The number of para-hydroxylation sites is 1. The Hall–Kier alpha value is -2.19. The van der Waals surface area contributed by atoms with Gasteiger partial charge in [-0.15, -0.1) is 4.72 Å². The number of aryl methyl sites for hydroxylation is 1. The molecule has 32 heavy (non-hydrogen) atoms. The minimum atomic E-state index is -1.27. The Balaban J connectivity index is 1.81. The van der Waals surface area contributed by atoms with E-state index in [2.05, 4.69) is 42.9 Å². The van der Waals surface area contributed by atoms with Gasteiger partial charge < -0.3 is 9.08 Å². The first-order valence-electron chi connectivity index (χ1n) is 10.5.